The van der Waals surface area contributed by atoms with Crippen molar-refractivity contribution in [2.24, 2.45) is 4.99 Å². The minimum atomic E-state index is 0. The maximum atomic E-state index is 9.46. The summed E-state index contributed by atoms with van der Waals surface area (Å²) in [5.41, 5.74) is 4.48. The Morgan fingerprint density at radius 2 is 1.69 bits per heavy atom. The molecule has 0 spiro atoms. The predicted octanol–water partition coefficient (Wildman–Crippen LogP) is 4.14. The molecule has 0 heterocycles. The molecule has 0 unspecified atom stereocenters. The summed E-state index contributed by atoms with van der Waals surface area (Å²) in [5, 5.41) is 16.2. The van der Waals surface area contributed by atoms with Crippen LogP contribution in [0.25, 0.3) is 0 Å². The molecule has 0 aliphatic heterocycles. The van der Waals surface area contributed by atoms with Gasteiger partial charge in [-0.1, -0.05) is 67.4 Å². The molecular formula is C21H30IN3O. The van der Waals surface area contributed by atoms with Crippen LogP contribution in [0.1, 0.15) is 42.0 Å². The molecule has 5 heteroatoms. The van der Waals surface area contributed by atoms with Crippen molar-refractivity contribution < 1.29 is 5.11 Å². The lowest BCUT2D eigenvalue weighted by atomic mass is 10.1. The Kier molecular flexibility index (Phi) is 11.0. The second kappa shape index (κ2) is 12.7. The zero-order valence-electron chi connectivity index (χ0n) is 15.7. The Bertz CT molecular complexity index is 671. The van der Waals surface area contributed by atoms with Gasteiger partial charge < -0.3 is 15.7 Å². The summed E-state index contributed by atoms with van der Waals surface area (Å²) in [7, 11) is 0. The van der Waals surface area contributed by atoms with Crippen molar-refractivity contribution in [3.63, 3.8) is 0 Å². The third kappa shape index (κ3) is 7.74. The van der Waals surface area contributed by atoms with E-state index in [1.807, 2.05) is 24.3 Å². The number of benzene rings is 2. The molecule has 0 aliphatic rings. The zero-order chi connectivity index (χ0) is 17.9. The Labute approximate surface area is 174 Å². The van der Waals surface area contributed by atoms with Crippen molar-refractivity contribution in [1.29, 1.82) is 0 Å². The van der Waals surface area contributed by atoms with Gasteiger partial charge >= 0.3 is 0 Å². The van der Waals surface area contributed by atoms with E-state index in [1.165, 1.54) is 11.1 Å². The topological polar surface area (TPSA) is 56.7 Å². The van der Waals surface area contributed by atoms with Crippen molar-refractivity contribution in [2.45, 2.75) is 46.4 Å². The fraction of sp³-hybridized carbons (Fsp3) is 0.381. The van der Waals surface area contributed by atoms with E-state index >= 15 is 0 Å². The van der Waals surface area contributed by atoms with Crippen molar-refractivity contribution in [2.75, 3.05) is 6.54 Å². The summed E-state index contributed by atoms with van der Waals surface area (Å²) in [6, 6.07) is 16.4. The quantitative estimate of drug-likeness (QED) is 0.237. The summed E-state index contributed by atoms with van der Waals surface area (Å²) < 4.78 is 0. The van der Waals surface area contributed by atoms with Crippen LogP contribution in [0, 0.1) is 6.92 Å². The second-order valence-corrected chi connectivity index (χ2v) is 6.21. The van der Waals surface area contributed by atoms with Gasteiger partial charge in [0.1, 0.15) is 0 Å². The van der Waals surface area contributed by atoms with Crippen LogP contribution < -0.4 is 10.6 Å². The van der Waals surface area contributed by atoms with Crippen LogP contribution in [0.2, 0.25) is 0 Å². The molecule has 26 heavy (non-hydrogen) atoms. The Hall–Kier alpha value is -1.60. The highest BCUT2D eigenvalue weighted by Gasteiger charge is 2.03. The summed E-state index contributed by atoms with van der Waals surface area (Å²) >= 11 is 0. The molecule has 2 aromatic rings. The van der Waals surface area contributed by atoms with Gasteiger partial charge in [-0.05, 0) is 30.0 Å². The van der Waals surface area contributed by atoms with E-state index in [9.17, 15) is 5.11 Å². The first-order valence-corrected chi connectivity index (χ1v) is 8.98. The molecule has 142 valence electrons. The standard InChI is InChI=1S/C21H29N3O.HI/c1-3-4-13-22-21(23-14-18-11-9-17(2)10-12-18)24-15-19-7-5-6-8-20(19)16-25;/h5-12,25H,3-4,13-16H2,1-2H3,(H2,22,23,24);1H. The van der Waals surface area contributed by atoms with Crippen LogP contribution in [0.3, 0.4) is 0 Å². The summed E-state index contributed by atoms with van der Waals surface area (Å²) in [4.78, 5) is 4.70. The van der Waals surface area contributed by atoms with E-state index in [-0.39, 0.29) is 30.6 Å². The lowest BCUT2D eigenvalue weighted by Gasteiger charge is -2.14. The minimum Gasteiger partial charge on any atom is -0.392 e. The molecule has 0 aliphatic carbocycles. The lowest BCUT2D eigenvalue weighted by molar-refractivity contribution is 0.280. The highest BCUT2D eigenvalue weighted by atomic mass is 127. The largest absolute Gasteiger partial charge is 0.392 e. The molecule has 4 nitrogen and oxygen atoms in total. The molecule has 0 radical (unpaired) electrons. The first-order valence-electron chi connectivity index (χ1n) is 8.98. The molecular weight excluding hydrogens is 437 g/mol. The number of aryl methyl sites for hydroxylation is 1. The first-order chi connectivity index (χ1) is 12.2. The lowest BCUT2D eigenvalue weighted by Crippen LogP contribution is -2.37. The summed E-state index contributed by atoms with van der Waals surface area (Å²) in [6.45, 7) is 6.50. The number of unbranched alkanes of at least 4 members (excludes halogenated alkanes) is 1. The second-order valence-electron chi connectivity index (χ2n) is 6.21. The number of guanidine groups is 1. The molecule has 2 aromatic carbocycles. The molecule has 3 N–H and O–H groups in total. The Morgan fingerprint density at radius 1 is 1.00 bits per heavy atom. The fourth-order valence-electron chi connectivity index (χ4n) is 2.48. The van der Waals surface area contributed by atoms with Crippen LogP contribution in [0.4, 0.5) is 0 Å². The van der Waals surface area contributed by atoms with E-state index in [0.29, 0.717) is 13.1 Å². The molecule has 0 saturated heterocycles. The van der Waals surface area contributed by atoms with Crippen LogP contribution in [0.15, 0.2) is 53.5 Å². The third-order valence-electron chi connectivity index (χ3n) is 4.10. The normalized spacial score (nSPS) is 11.0. The van der Waals surface area contributed by atoms with Crippen LogP contribution >= 0.6 is 24.0 Å². The number of aliphatic imine (C=N–C) groups is 1. The van der Waals surface area contributed by atoms with E-state index < -0.39 is 0 Å². The maximum absolute atomic E-state index is 9.46. The Morgan fingerprint density at radius 3 is 2.35 bits per heavy atom. The van der Waals surface area contributed by atoms with Gasteiger partial charge in [0, 0.05) is 13.1 Å². The van der Waals surface area contributed by atoms with Crippen molar-refractivity contribution >= 4 is 29.9 Å². The smallest absolute Gasteiger partial charge is 0.191 e. The van der Waals surface area contributed by atoms with Crippen molar-refractivity contribution in [3.05, 3.63) is 70.8 Å². The SMILES string of the molecule is CCCCNC(=NCc1ccc(C)cc1)NCc1ccccc1CO.I. The van der Waals surface area contributed by atoms with Crippen LogP contribution in [-0.4, -0.2) is 17.6 Å². The van der Waals surface area contributed by atoms with Gasteiger partial charge in [-0.25, -0.2) is 4.99 Å². The molecule has 0 aromatic heterocycles. The number of aliphatic hydroxyl groups excluding tert-OH is 1. The van der Waals surface area contributed by atoms with Gasteiger partial charge in [-0.3, -0.25) is 0 Å². The Balaban J connectivity index is 0.00000338. The molecule has 0 saturated carbocycles. The van der Waals surface area contributed by atoms with Gasteiger partial charge in [-0.15, -0.1) is 24.0 Å². The number of rotatable bonds is 8. The average molecular weight is 467 g/mol. The fourth-order valence-corrected chi connectivity index (χ4v) is 2.48. The van der Waals surface area contributed by atoms with Crippen LogP contribution in [0.5, 0.6) is 0 Å². The predicted molar refractivity (Wildman–Crippen MR) is 120 cm³/mol. The van der Waals surface area contributed by atoms with E-state index in [0.717, 1.165) is 36.5 Å². The van der Waals surface area contributed by atoms with Gasteiger partial charge in [0.2, 0.25) is 0 Å². The maximum Gasteiger partial charge on any atom is 0.191 e. The van der Waals surface area contributed by atoms with E-state index in [1.54, 1.807) is 0 Å². The summed E-state index contributed by atoms with van der Waals surface area (Å²) in [5.74, 6) is 0.807. The number of hydrogen-bond acceptors (Lipinski definition) is 2. The number of nitrogens with zero attached hydrogens (tertiary/aromatic N) is 1. The number of aliphatic hydroxyl groups is 1. The van der Waals surface area contributed by atoms with Gasteiger partial charge in [0.05, 0.1) is 13.2 Å². The molecule has 0 fully saturated rings. The summed E-state index contributed by atoms with van der Waals surface area (Å²) in [6.07, 6.45) is 2.25. The molecule has 2 rings (SSSR count). The average Bonchev–Trinajstić information content (AvgIpc) is 2.65. The highest BCUT2D eigenvalue weighted by molar-refractivity contribution is 14.0. The van der Waals surface area contributed by atoms with Crippen LogP contribution in [-0.2, 0) is 19.7 Å². The van der Waals surface area contributed by atoms with Gasteiger partial charge in [0.15, 0.2) is 5.96 Å². The molecule has 0 atom stereocenters. The number of halogens is 1. The third-order valence-corrected chi connectivity index (χ3v) is 4.10. The van der Waals surface area contributed by atoms with E-state index in [2.05, 4.69) is 48.7 Å². The van der Waals surface area contributed by atoms with Crippen molar-refractivity contribution in [1.82, 2.24) is 10.6 Å². The van der Waals surface area contributed by atoms with Crippen molar-refractivity contribution in [3.8, 4) is 0 Å². The first kappa shape index (κ1) is 22.4. The molecule has 0 bridgehead atoms. The van der Waals surface area contributed by atoms with Gasteiger partial charge in [0.25, 0.3) is 0 Å². The number of nitrogens with one attached hydrogen (secondary N) is 2. The monoisotopic (exact) mass is 467 g/mol. The number of hydrogen-bond donors (Lipinski definition) is 3. The molecule has 0 amide bonds. The van der Waals surface area contributed by atoms with Gasteiger partial charge in [-0.2, -0.15) is 0 Å². The minimum absolute atomic E-state index is 0. The highest BCUT2D eigenvalue weighted by Crippen LogP contribution is 2.08. The zero-order valence-corrected chi connectivity index (χ0v) is 18.0. The van der Waals surface area contributed by atoms with E-state index in [4.69, 9.17) is 4.99 Å².